The molecular formula is C22H22N4O2. The van der Waals surface area contributed by atoms with Crippen molar-refractivity contribution >= 4 is 33.7 Å². The number of imide groups is 1. The number of amides is 3. The van der Waals surface area contributed by atoms with Crippen LogP contribution in [0.1, 0.15) is 17.5 Å². The summed E-state index contributed by atoms with van der Waals surface area (Å²) < 4.78 is 0. The van der Waals surface area contributed by atoms with Crippen molar-refractivity contribution in [1.29, 1.82) is 0 Å². The Morgan fingerprint density at radius 1 is 0.821 bits per heavy atom. The summed E-state index contributed by atoms with van der Waals surface area (Å²) in [4.78, 5) is 32.1. The summed E-state index contributed by atoms with van der Waals surface area (Å²) in [6.07, 6.45) is 5.18. The molecule has 2 aromatic carbocycles. The maximum atomic E-state index is 12.6. The van der Waals surface area contributed by atoms with Gasteiger partial charge in [-0.15, -0.1) is 0 Å². The maximum absolute atomic E-state index is 12.6. The molecular weight excluding hydrogens is 352 g/mol. The number of H-pyrrole nitrogens is 2. The SMILES string of the molecule is NC(=O)N(CCc1c[nH]c2ccccc12)C(=O)CCc1c[nH]c2ccccc12. The lowest BCUT2D eigenvalue weighted by Crippen LogP contribution is -2.42. The highest BCUT2D eigenvalue weighted by molar-refractivity contribution is 5.94. The predicted octanol–water partition coefficient (Wildman–Crippen LogP) is 3.73. The van der Waals surface area contributed by atoms with Crippen LogP contribution in [-0.4, -0.2) is 33.4 Å². The number of aromatic nitrogens is 2. The van der Waals surface area contributed by atoms with Gasteiger partial charge < -0.3 is 15.7 Å². The number of hydrogen-bond acceptors (Lipinski definition) is 2. The number of aromatic amines is 2. The number of urea groups is 1. The molecule has 3 amide bonds. The smallest absolute Gasteiger partial charge is 0.321 e. The first kappa shape index (κ1) is 17.9. The molecule has 0 saturated heterocycles. The molecule has 0 unspecified atom stereocenters. The minimum atomic E-state index is -0.705. The third kappa shape index (κ3) is 3.49. The molecule has 0 atom stereocenters. The van der Waals surface area contributed by atoms with Gasteiger partial charge in [-0.3, -0.25) is 9.69 Å². The number of carbonyl (C=O) groups is 2. The number of primary amides is 1. The summed E-state index contributed by atoms with van der Waals surface area (Å²) in [5.74, 6) is -0.252. The fourth-order valence-corrected chi connectivity index (χ4v) is 3.64. The Balaban J connectivity index is 1.42. The Labute approximate surface area is 162 Å². The van der Waals surface area contributed by atoms with Gasteiger partial charge in [0.2, 0.25) is 5.91 Å². The van der Waals surface area contributed by atoms with E-state index in [1.165, 1.54) is 0 Å². The van der Waals surface area contributed by atoms with Crippen molar-refractivity contribution in [2.45, 2.75) is 19.3 Å². The Kier molecular flexibility index (Phi) is 4.85. The maximum Gasteiger partial charge on any atom is 0.321 e. The van der Waals surface area contributed by atoms with Gasteiger partial charge in [-0.25, -0.2) is 4.79 Å². The first-order valence-corrected chi connectivity index (χ1v) is 9.33. The van der Waals surface area contributed by atoms with Crippen LogP contribution in [0.4, 0.5) is 4.79 Å². The van der Waals surface area contributed by atoms with Crippen LogP contribution in [0.2, 0.25) is 0 Å². The lowest BCUT2D eigenvalue weighted by molar-refractivity contribution is -0.128. The number of benzene rings is 2. The zero-order chi connectivity index (χ0) is 19.5. The molecule has 0 spiro atoms. The van der Waals surface area contributed by atoms with Gasteiger partial charge in [0.05, 0.1) is 0 Å². The van der Waals surface area contributed by atoms with Crippen LogP contribution in [0.15, 0.2) is 60.9 Å². The molecule has 2 heterocycles. The normalized spacial score (nSPS) is 11.1. The van der Waals surface area contributed by atoms with E-state index in [0.29, 0.717) is 12.8 Å². The van der Waals surface area contributed by atoms with Gasteiger partial charge in [-0.2, -0.15) is 0 Å². The lowest BCUT2D eigenvalue weighted by Gasteiger charge is -2.18. The molecule has 6 heteroatoms. The Hall–Kier alpha value is -3.54. The second-order valence-electron chi connectivity index (χ2n) is 6.85. The highest BCUT2D eigenvalue weighted by atomic mass is 16.2. The molecule has 4 rings (SSSR count). The van der Waals surface area contributed by atoms with Crippen molar-refractivity contribution in [2.24, 2.45) is 5.73 Å². The summed E-state index contributed by atoms with van der Waals surface area (Å²) in [6, 6.07) is 15.2. The molecule has 6 nitrogen and oxygen atoms in total. The quantitative estimate of drug-likeness (QED) is 0.479. The topological polar surface area (TPSA) is 95.0 Å². The zero-order valence-electron chi connectivity index (χ0n) is 15.4. The average molecular weight is 374 g/mol. The fourth-order valence-electron chi connectivity index (χ4n) is 3.64. The molecule has 0 bridgehead atoms. The van der Waals surface area contributed by atoms with E-state index in [1.807, 2.05) is 60.9 Å². The number of rotatable bonds is 6. The largest absolute Gasteiger partial charge is 0.361 e. The van der Waals surface area contributed by atoms with Crippen LogP contribution in [0, 0.1) is 0 Å². The monoisotopic (exact) mass is 374 g/mol. The van der Waals surface area contributed by atoms with Crippen LogP contribution < -0.4 is 5.73 Å². The van der Waals surface area contributed by atoms with Gasteiger partial charge in [-0.1, -0.05) is 36.4 Å². The molecule has 142 valence electrons. The summed E-state index contributed by atoms with van der Waals surface area (Å²) in [5, 5.41) is 2.19. The van der Waals surface area contributed by atoms with E-state index in [1.54, 1.807) is 0 Å². The fraction of sp³-hybridized carbons (Fsp3) is 0.182. The molecule has 0 aliphatic rings. The first-order chi connectivity index (χ1) is 13.6. The molecule has 0 aliphatic carbocycles. The van der Waals surface area contributed by atoms with Crippen LogP contribution in [-0.2, 0) is 17.6 Å². The molecule has 0 saturated carbocycles. The van der Waals surface area contributed by atoms with Crippen molar-refractivity contribution in [3.05, 3.63) is 72.1 Å². The predicted molar refractivity (Wildman–Crippen MR) is 110 cm³/mol. The lowest BCUT2D eigenvalue weighted by atomic mass is 10.1. The highest BCUT2D eigenvalue weighted by Crippen LogP contribution is 2.20. The molecule has 4 aromatic rings. The van der Waals surface area contributed by atoms with E-state index in [-0.39, 0.29) is 18.9 Å². The number of para-hydroxylation sites is 2. The Morgan fingerprint density at radius 2 is 1.36 bits per heavy atom. The van der Waals surface area contributed by atoms with Crippen molar-refractivity contribution in [3.8, 4) is 0 Å². The number of hydrogen-bond donors (Lipinski definition) is 3. The molecule has 0 aliphatic heterocycles. The summed E-state index contributed by atoms with van der Waals surface area (Å²) >= 11 is 0. The number of fused-ring (bicyclic) bond motifs is 2. The summed E-state index contributed by atoms with van der Waals surface area (Å²) in [7, 11) is 0. The van der Waals surface area contributed by atoms with E-state index >= 15 is 0 Å². The minimum Gasteiger partial charge on any atom is -0.361 e. The average Bonchev–Trinajstić information content (AvgIpc) is 3.30. The number of aryl methyl sites for hydroxylation is 1. The number of nitrogens with zero attached hydrogens (tertiary/aromatic N) is 1. The third-order valence-electron chi connectivity index (χ3n) is 5.13. The van der Waals surface area contributed by atoms with Gasteiger partial charge in [-0.05, 0) is 36.1 Å². The van der Waals surface area contributed by atoms with Gasteiger partial charge in [0.1, 0.15) is 0 Å². The number of nitrogens with two attached hydrogens (primary N) is 1. The van der Waals surface area contributed by atoms with Crippen molar-refractivity contribution in [3.63, 3.8) is 0 Å². The standard InChI is InChI=1S/C22H22N4O2/c23-22(28)26(12-11-16-14-25-20-8-4-2-6-18(16)20)21(27)10-9-15-13-24-19-7-3-1-5-17(15)19/h1-8,13-14,24-25H,9-12H2,(H2,23,28). The summed E-state index contributed by atoms with van der Waals surface area (Å²) in [5.41, 5.74) is 9.68. The van der Waals surface area contributed by atoms with Crippen LogP contribution in [0.5, 0.6) is 0 Å². The summed E-state index contributed by atoms with van der Waals surface area (Å²) in [6.45, 7) is 0.268. The van der Waals surface area contributed by atoms with Crippen molar-refractivity contribution in [1.82, 2.24) is 14.9 Å². The number of carbonyl (C=O) groups excluding carboxylic acids is 2. The Morgan fingerprint density at radius 3 is 1.93 bits per heavy atom. The van der Waals surface area contributed by atoms with E-state index < -0.39 is 6.03 Å². The van der Waals surface area contributed by atoms with E-state index in [9.17, 15) is 9.59 Å². The van der Waals surface area contributed by atoms with E-state index in [4.69, 9.17) is 5.73 Å². The van der Waals surface area contributed by atoms with Gasteiger partial charge in [0.15, 0.2) is 0 Å². The Bertz CT molecular complexity index is 1140. The third-order valence-corrected chi connectivity index (χ3v) is 5.13. The van der Waals surface area contributed by atoms with Crippen molar-refractivity contribution in [2.75, 3.05) is 6.54 Å². The minimum absolute atomic E-state index is 0.235. The molecule has 0 fully saturated rings. The van der Waals surface area contributed by atoms with Gasteiger partial charge in [0.25, 0.3) is 0 Å². The number of nitrogens with one attached hydrogen (secondary N) is 2. The molecule has 4 N–H and O–H groups in total. The van der Waals surface area contributed by atoms with Gasteiger partial charge >= 0.3 is 6.03 Å². The van der Waals surface area contributed by atoms with Crippen LogP contribution >= 0.6 is 0 Å². The second kappa shape index (κ2) is 7.60. The van der Waals surface area contributed by atoms with Gasteiger partial charge in [0, 0.05) is 47.2 Å². The molecule has 0 radical (unpaired) electrons. The van der Waals surface area contributed by atoms with E-state index in [2.05, 4.69) is 9.97 Å². The molecule has 28 heavy (non-hydrogen) atoms. The second-order valence-corrected chi connectivity index (χ2v) is 6.85. The van der Waals surface area contributed by atoms with E-state index in [0.717, 1.165) is 37.8 Å². The van der Waals surface area contributed by atoms with Crippen molar-refractivity contribution < 1.29 is 9.59 Å². The zero-order valence-corrected chi connectivity index (χ0v) is 15.4. The van der Waals surface area contributed by atoms with Crippen LogP contribution in [0.25, 0.3) is 21.8 Å². The highest BCUT2D eigenvalue weighted by Gasteiger charge is 2.19. The molecule has 2 aromatic heterocycles. The van der Waals surface area contributed by atoms with Crippen LogP contribution in [0.3, 0.4) is 0 Å². The first-order valence-electron chi connectivity index (χ1n) is 9.33.